The zero-order chi connectivity index (χ0) is 15.2. The van der Waals surface area contributed by atoms with Crippen molar-refractivity contribution in [1.82, 2.24) is 10.2 Å². The largest absolute Gasteiger partial charge is 0.393 e. The molecule has 0 aromatic heterocycles. The second-order valence-corrected chi connectivity index (χ2v) is 6.05. The van der Waals surface area contributed by atoms with Crippen molar-refractivity contribution in [1.29, 1.82) is 0 Å². The Hall–Kier alpha value is -1.55. The molecule has 116 valence electrons. The number of rotatable bonds is 5. The molecule has 0 saturated heterocycles. The first-order valence-electron chi connectivity index (χ1n) is 7.79. The molecule has 2 N–H and O–H groups in total. The normalized spacial score (nSPS) is 21.3. The summed E-state index contributed by atoms with van der Waals surface area (Å²) in [5.74, 6) is 0.233. The van der Waals surface area contributed by atoms with Crippen LogP contribution in [0.5, 0.6) is 0 Å². The van der Waals surface area contributed by atoms with Gasteiger partial charge in [-0.05, 0) is 37.3 Å². The minimum Gasteiger partial charge on any atom is -0.393 e. The maximum atomic E-state index is 12.0. The first kappa shape index (κ1) is 15.8. The number of aliphatic hydroxyl groups excluding tert-OH is 1. The Balaban J connectivity index is 1.72. The Morgan fingerprint density at radius 3 is 2.81 bits per heavy atom. The molecule has 2 rings (SSSR count). The van der Waals surface area contributed by atoms with Gasteiger partial charge in [0.05, 0.1) is 6.10 Å². The van der Waals surface area contributed by atoms with Gasteiger partial charge in [0.1, 0.15) is 0 Å². The van der Waals surface area contributed by atoms with E-state index in [4.69, 9.17) is 0 Å². The van der Waals surface area contributed by atoms with Crippen LogP contribution >= 0.6 is 0 Å². The SMILES string of the molecule is Cc1ccccc1CCNC(=O)N(C)CC1CCCC1O. The fraction of sp³-hybridized carbons (Fsp3) is 0.588. The van der Waals surface area contributed by atoms with E-state index in [1.165, 1.54) is 11.1 Å². The van der Waals surface area contributed by atoms with Crippen LogP contribution in [0.1, 0.15) is 30.4 Å². The van der Waals surface area contributed by atoms with E-state index in [9.17, 15) is 9.90 Å². The molecule has 21 heavy (non-hydrogen) atoms. The topological polar surface area (TPSA) is 52.6 Å². The van der Waals surface area contributed by atoms with Gasteiger partial charge in [-0.3, -0.25) is 0 Å². The molecule has 0 aliphatic heterocycles. The van der Waals surface area contributed by atoms with Gasteiger partial charge in [0.2, 0.25) is 0 Å². The maximum Gasteiger partial charge on any atom is 0.317 e. The minimum absolute atomic E-state index is 0.0531. The highest BCUT2D eigenvalue weighted by atomic mass is 16.3. The van der Waals surface area contributed by atoms with Gasteiger partial charge in [-0.15, -0.1) is 0 Å². The third-order valence-corrected chi connectivity index (χ3v) is 4.41. The van der Waals surface area contributed by atoms with E-state index in [2.05, 4.69) is 24.4 Å². The Bertz CT molecular complexity index is 476. The number of aliphatic hydroxyl groups is 1. The summed E-state index contributed by atoms with van der Waals surface area (Å²) in [5, 5.41) is 12.8. The number of amides is 2. The molecule has 2 atom stereocenters. The monoisotopic (exact) mass is 290 g/mol. The minimum atomic E-state index is -0.243. The molecule has 4 nitrogen and oxygen atoms in total. The lowest BCUT2D eigenvalue weighted by atomic mass is 10.1. The summed E-state index contributed by atoms with van der Waals surface area (Å²) in [6.07, 6.45) is 3.55. The van der Waals surface area contributed by atoms with Crippen molar-refractivity contribution >= 4 is 6.03 Å². The third kappa shape index (κ3) is 4.46. The quantitative estimate of drug-likeness (QED) is 0.874. The molecule has 1 saturated carbocycles. The number of nitrogens with one attached hydrogen (secondary N) is 1. The van der Waals surface area contributed by atoms with Crippen LogP contribution in [0.15, 0.2) is 24.3 Å². The van der Waals surface area contributed by atoms with E-state index in [1.54, 1.807) is 11.9 Å². The summed E-state index contributed by atoms with van der Waals surface area (Å²) in [6.45, 7) is 3.36. The molecule has 1 aliphatic carbocycles. The Morgan fingerprint density at radius 1 is 1.38 bits per heavy atom. The van der Waals surface area contributed by atoms with Crippen LogP contribution in [-0.4, -0.2) is 42.3 Å². The lowest BCUT2D eigenvalue weighted by Gasteiger charge is -2.23. The van der Waals surface area contributed by atoms with Gasteiger partial charge in [-0.1, -0.05) is 30.7 Å². The van der Waals surface area contributed by atoms with Crippen LogP contribution in [0.3, 0.4) is 0 Å². The van der Waals surface area contributed by atoms with Crippen molar-refractivity contribution in [3.8, 4) is 0 Å². The number of hydrogen-bond donors (Lipinski definition) is 2. The van der Waals surface area contributed by atoms with Gasteiger partial charge in [0.25, 0.3) is 0 Å². The van der Waals surface area contributed by atoms with Crippen LogP contribution in [-0.2, 0) is 6.42 Å². The van der Waals surface area contributed by atoms with E-state index in [1.807, 2.05) is 12.1 Å². The zero-order valence-electron chi connectivity index (χ0n) is 13.0. The van der Waals surface area contributed by atoms with Crippen LogP contribution in [0.4, 0.5) is 4.79 Å². The summed E-state index contributed by atoms with van der Waals surface area (Å²) in [6, 6.07) is 8.18. The van der Waals surface area contributed by atoms with Crippen LogP contribution in [0.25, 0.3) is 0 Å². The molecule has 4 heteroatoms. The predicted octanol–water partition coefficient (Wildman–Crippen LogP) is 2.34. The molecule has 0 bridgehead atoms. The third-order valence-electron chi connectivity index (χ3n) is 4.41. The highest BCUT2D eigenvalue weighted by molar-refractivity contribution is 5.73. The van der Waals surface area contributed by atoms with Crippen molar-refractivity contribution in [2.24, 2.45) is 5.92 Å². The second kappa shape index (κ2) is 7.46. The first-order valence-corrected chi connectivity index (χ1v) is 7.79. The highest BCUT2D eigenvalue weighted by Gasteiger charge is 2.27. The molecule has 0 heterocycles. The van der Waals surface area contributed by atoms with E-state index in [0.29, 0.717) is 13.1 Å². The Morgan fingerprint density at radius 2 is 2.14 bits per heavy atom. The maximum absolute atomic E-state index is 12.0. The summed E-state index contributed by atoms with van der Waals surface area (Å²) < 4.78 is 0. The molecule has 1 aromatic rings. The average Bonchev–Trinajstić information content (AvgIpc) is 2.86. The fourth-order valence-corrected chi connectivity index (χ4v) is 2.99. The lowest BCUT2D eigenvalue weighted by Crippen LogP contribution is -2.41. The standard InChI is InChI=1S/C17H26N2O2/c1-13-6-3-4-7-14(13)10-11-18-17(21)19(2)12-15-8-5-9-16(15)20/h3-4,6-7,15-16,20H,5,8-12H2,1-2H3,(H,18,21). The van der Waals surface area contributed by atoms with Crippen molar-refractivity contribution in [2.45, 2.75) is 38.7 Å². The predicted molar refractivity (Wildman–Crippen MR) is 84.3 cm³/mol. The molecule has 1 fully saturated rings. The summed E-state index contributed by atoms with van der Waals surface area (Å²) >= 11 is 0. The molecule has 0 radical (unpaired) electrons. The number of urea groups is 1. The van der Waals surface area contributed by atoms with Gasteiger partial charge < -0.3 is 15.3 Å². The first-order chi connectivity index (χ1) is 10.1. The molecular weight excluding hydrogens is 264 g/mol. The van der Waals surface area contributed by atoms with E-state index >= 15 is 0 Å². The van der Waals surface area contributed by atoms with E-state index in [-0.39, 0.29) is 18.1 Å². The van der Waals surface area contributed by atoms with Gasteiger partial charge in [-0.25, -0.2) is 4.79 Å². The van der Waals surface area contributed by atoms with Gasteiger partial charge in [0.15, 0.2) is 0 Å². The lowest BCUT2D eigenvalue weighted by molar-refractivity contribution is 0.114. The van der Waals surface area contributed by atoms with Crippen LogP contribution in [0.2, 0.25) is 0 Å². The van der Waals surface area contributed by atoms with Crippen molar-refractivity contribution in [3.63, 3.8) is 0 Å². The number of hydrogen-bond acceptors (Lipinski definition) is 2. The van der Waals surface area contributed by atoms with E-state index in [0.717, 1.165) is 25.7 Å². The number of carbonyl (C=O) groups is 1. The molecule has 2 amide bonds. The number of benzene rings is 1. The van der Waals surface area contributed by atoms with Crippen molar-refractivity contribution < 1.29 is 9.90 Å². The summed E-state index contributed by atoms with van der Waals surface area (Å²) in [7, 11) is 1.80. The molecular formula is C17H26N2O2. The molecule has 1 aliphatic rings. The Labute approximate surface area is 127 Å². The Kier molecular flexibility index (Phi) is 5.62. The smallest absolute Gasteiger partial charge is 0.317 e. The molecule has 1 aromatic carbocycles. The van der Waals surface area contributed by atoms with Crippen LogP contribution in [0, 0.1) is 12.8 Å². The number of carbonyl (C=O) groups excluding carboxylic acids is 1. The van der Waals surface area contributed by atoms with Gasteiger partial charge in [-0.2, -0.15) is 0 Å². The average molecular weight is 290 g/mol. The summed E-state index contributed by atoms with van der Waals surface area (Å²) in [5.41, 5.74) is 2.53. The number of nitrogens with zero attached hydrogens (tertiary/aromatic N) is 1. The summed E-state index contributed by atoms with van der Waals surface area (Å²) in [4.78, 5) is 13.7. The van der Waals surface area contributed by atoms with Crippen molar-refractivity contribution in [2.75, 3.05) is 20.1 Å². The molecule has 0 spiro atoms. The number of aryl methyl sites for hydroxylation is 1. The zero-order valence-corrected chi connectivity index (χ0v) is 13.0. The van der Waals surface area contributed by atoms with Gasteiger partial charge >= 0.3 is 6.03 Å². The van der Waals surface area contributed by atoms with Gasteiger partial charge in [0, 0.05) is 26.1 Å². The molecule has 2 unspecified atom stereocenters. The van der Waals surface area contributed by atoms with E-state index < -0.39 is 0 Å². The van der Waals surface area contributed by atoms with Crippen molar-refractivity contribution in [3.05, 3.63) is 35.4 Å². The highest BCUT2D eigenvalue weighted by Crippen LogP contribution is 2.25. The van der Waals surface area contributed by atoms with Crippen LogP contribution < -0.4 is 5.32 Å². The fourth-order valence-electron chi connectivity index (χ4n) is 2.99. The second-order valence-electron chi connectivity index (χ2n) is 6.05.